The summed E-state index contributed by atoms with van der Waals surface area (Å²) >= 11 is 6.51. The van der Waals surface area contributed by atoms with E-state index in [4.69, 9.17) is 21.1 Å². The summed E-state index contributed by atoms with van der Waals surface area (Å²) in [4.78, 5) is 3.59. The van der Waals surface area contributed by atoms with Crippen molar-refractivity contribution >= 4 is 22.5 Å². The molecule has 3 heterocycles. The maximum absolute atomic E-state index is 6.51. The van der Waals surface area contributed by atoms with Crippen molar-refractivity contribution in [2.75, 3.05) is 20.4 Å². The number of nitrogens with zero attached hydrogens (tertiary/aromatic N) is 1. The van der Waals surface area contributed by atoms with Gasteiger partial charge >= 0.3 is 0 Å². The van der Waals surface area contributed by atoms with E-state index in [-0.39, 0.29) is 6.79 Å². The number of quaternary nitrogens is 1. The third-order valence-corrected chi connectivity index (χ3v) is 5.79. The van der Waals surface area contributed by atoms with Crippen LogP contribution < -0.4 is 9.47 Å². The third kappa shape index (κ3) is 2.48. The smallest absolute Gasteiger partial charge is 0.231 e. The number of hydrogen-bond acceptors (Lipinski definition) is 2. The van der Waals surface area contributed by atoms with E-state index in [1.165, 1.54) is 22.2 Å². The number of para-hydroxylation sites is 1. The number of H-pyrrole nitrogens is 1. The van der Waals surface area contributed by atoms with Crippen LogP contribution in [0, 0.1) is 0 Å². The molecule has 4 nitrogen and oxygen atoms in total. The Bertz CT molecular complexity index is 981. The highest BCUT2D eigenvalue weighted by molar-refractivity contribution is 6.31. The molecule has 0 radical (unpaired) electrons. The maximum atomic E-state index is 6.51. The van der Waals surface area contributed by atoms with Gasteiger partial charge in [0, 0.05) is 40.2 Å². The van der Waals surface area contributed by atoms with Crippen molar-refractivity contribution in [3.05, 3.63) is 58.2 Å². The standard InChI is InChI=1S/C20H20ClN2O2/c1-23(10-13-8-19-20(9-16(13)21)25-12-24-19)7-6-18-15(11-23)14-4-2-3-5-17(14)22-18/h2-5,8-9,22H,6-7,10-12H2,1H3/q+1. The van der Waals surface area contributed by atoms with Gasteiger partial charge < -0.3 is 18.9 Å². The van der Waals surface area contributed by atoms with Crippen molar-refractivity contribution in [3.63, 3.8) is 0 Å². The van der Waals surface area contributed by atoms with Crippen LogP contribution in [0.2, 0.25) is 5.02 Å². The molecule has 3 aromatic rings. The first-order chi connectivity index (χ1) is 12.1. The van der Waals surface area contributed by atoms with E-state index >= 15 is 0 Å². The summed E-state index contributed by atoms with van der Waals surface area (Å²) in [6.07, 6.45) is 1.06. The molecule has 0 saturated carbocycles. The summed E-state index contributed by atoms with van der Waals surface area (Å²) in [5.74, 6) is 1.55. The molecule has 128 valence electrons. The lowest BCUT2D eigenvalue weighted by atomic mass is 10.0. The number of nitrogens with one attached hydrogen (secondary N) is 1. The van der Waals surface area contributed by atoms with Crippen LogP contribution in [-0.2, 0) is 19.5 Å². The van der Waals surface area contributed by atoms with Crippen molar-refractivity contribution in [2.45, 2.75) is 19.5 Å². The fraction of sp³-hybridized carbons (Fsp3) is 0.300. The van der Waals surface area contributed by atoms with Gasteiger partial charge in [0.05, 0.1) is 18.6 Å². The Labute approximate surface area is 151 Å². The van der Waals surface area contributed by atoms with Gasteiger partial charge in [-0.05, 0) is 12.1 Å². The van der Waals surface area contributed by atoms with Gasteiger partial charge in [-0.1, -0.05) is 29.8 Å². The topological polar surface area (TPSA) is 34.2 Å². The van der Waals surface area contributed by atoms with E-state index < -0.39 is 0 Å². The van der Waals surface area contributed by atoms with E-state index in [2.05, 4.69) is 36.3 Å². The lowest BCUT2D eigenvalue weighted by molar-refractivity contribution is -0.937. The number of aromatic amines is 1. The molecule has 2 aliphatic heterocycles. The number of benzene rings is 2. The average molecular weight is 356 g/mol. The minimum absolute atomic E-state index is 0.278. The van der Waals surface area contributed by atoms with E-state index in [9.17, 15) is 0 Å². The molecule has 1 unspecified atom stereocenters. The summed E-state index contributed by atoms with van der Waals surface area (Å²) < 4.78 is 11.9. The molecule has 0 saturated heterocycles. The largest absolute Gasteiger partial charge is 0.454 e. The number of aromatic nitrogens is 1. The maximum Gasteiger partial charge on any atom is 0.231 e. The van der Waals surface area contributed by atoms with Crippen molar-refractivity contribution in [2.24, 2.45) is 0 Å². The van der Waals surface area contributed by atoms with Crippen LogP contribution in [-0.4, -0.2) is 29.9 Å². The molecule has 0 spiro atoms. The number of hydrogen-bond donors (Lipinski definition) is 1. The molecule has 25 heavy (non-hydrogen) atoms. The van der Waals surface area contributed by atoms with Crippen LogP contribution in [0.5, 0.6) is 11.5 Å². The predicted molar refractivity (Wildman–Crippen MR) is 98.0 cm³/mol. The van der Waals surface area contributed by atoms with E-state index in [0.717, 1.165) is 52.6 Å². The SMILES string of the molecule is C[N+]1(Cc2cc3c(cc2Cl)OCO3)CCc2[nH]c3ccccc3c2C1. The molecule has 5 heteroatoms. The second-order valence-electron chi connectivity index (χ2n) is 7.33. The van der Waals surface area contributed by atoms with Crippen LogP contribution in [0.25, 0.3) is 10.9 Å². The van der Waals surface area contributed by atoms with Crippen molar-refractivity contribution in [1.29, 1.82) is 0 Å². The first kappa shape index (κ1) is 15.1. The summed E-state index contributed by atoms with van der Waals surface area (Å²) in [6.45, 7) is 3.25. The van der Waals surface area contributed by atoms with Crippen molar-refractivity contribution < 1.29 is 14.0 Å². The van der Waals surface area contributed by atoms with Gasteiger partial charge in [-0.15, -0.1) is 0 Å². The average Bonchev–Trinajstić information content (AvgIpc) is 3.19. The zero-order chi connectivity index (χ0) is 17.0. The minimum Gasteiger partial charge on any atom is -0.454 e. The Morgan fingerprint density at radius 1 is 1.16 bits per heavy atom. The van der Waals surface area contributed by atoms with Crippen LogP contribution in [0.3, 0.4) is 0 Å². The van der Waals surface area contributed by atoms with Gasteiger partial charge in [0.1, 0.15) is 13.1 Å². The highest BCUT2D eigenvalue weighted by Gasteiger charge is 2.32. The molecule has 0 fully saturated rings. The van der Waals surface area contributed by atoms with Crippen molar-refractivity contribution in [3.8, 4) is 11.5 Å². The highest BCUT2D eigenvalue weighted by atomic mass is 35.5. The third-order valence-electron chi connectivity index (χ3n) is 5.44. The molecule has 1 aromatic heterocycles. The van der Waals surface area contributed by atoms with Gasteiger partial charge in [-0.2, -0.15) is 0 Å². The summed E-state index contributed by atoms with van der Waals surface area (Å²) in [6, 6.07) is 12.5. The van der Waals surface area contributed by atoms with Crippen LogP contribution in [0.15, 0.2) is 36.4 Å². The molecule has 0 aliphatic carbocycles. The van der Waals surface area contributed by atoms with Crippen LogP contribution in [0.1, 0.15) is 16.8 Å². The molecule has 5 rings (SSSR count). The first-order valence-electron chi connectivity index (χ1n) is 8.61. The van der Waals surface area contributed by atoms with Crippen LogP contribution >= 0.6 is 11.6 Å². The first-order valence-corrected chi connectivity index (χ1v) is 8.99. The second-order valence-corrected chi connectivity index (χ2v) is 7.74. The molecule has 2 aromatic carbocycles. The van der Waals surface area contributed by atoms with E-state index in [0.29, 0.717) is 0 Å². The number of fused-ring (bicyclic) bond motifs is 4. The quantitative estimate of drug-likeness (QED) is 0.697. The number of halogens is 1. The zero-order valence-electron chi connectivity index (χ0n) is 14.1. The molecule has 1 N–H and O–H groups in total. The summed E-state index contributed by atoms with van der Waals surface area (Å²) in [7, 11) is 2.31. The number of ether oxygens (including phenoxy) is 2. The van der Waals surface area contributed by atoms with Crippen LogP contribution in [0.4, 0.5) is 0 Å². The monoisotopic (exact) mass is 355 g/mol. The number of likely N-dealkylation sites (N-methyl/N-ethyl adjacent to an activating group) is 1. The van der Waals surface area contributed by atoms with Gasteiger partial charge in [0.15, 0.2) is 11.5 Å². The normalized spacial score (nSPS) is 21.5. The lowest BCUT2D eigenvalue weighted by Gasteiger charge is -2.38. The second kappa shape index (κ2) is 5.41. The Hall–Kier alpha value is -2.17. The predicted octanol–water partition coefficient (Wildman–Crippen LogP) is 4.25. The Balaban J connectivity index is 1.49. The summed E-state index contributed by atoms with van der Waals surface area (Å²) in [5.41, 5.74) is 5.19. The highest BCUT2D eigenvalue weighted by Crippen LogP contribution is 2.39. The fourth-order valence-corrected chi connectivity index (χ4v) is 4.33. The zero-order valence-corrected chi connectivity index (χ0v) is 14.9. The number of rotatable bonds is 2. The fourth-order valence-electron chi connectivity index (χ4n) is 4.12. The molecular weight excluding hydrogens is 336 g/mol. The van der Waals surface area contributed by atoms with E-state index in [1.54, 1.807) is 0 Å². The summed E-state index contributed by atoms with van der Waals surface area (Å²) in [5, 5.41) is 2.10. The van der Waals surface area contributed by atoms with Gasteiger partial charge in [0.25, 0.3) is 0 Å². The molecule has 0 amide bonds. The molecular formula is C20H20ClN2O2+. The van der Waals surface area contributed by atoms with Gasteiger partial charge in [-0.25, -0.2) is 0 Å². The Morgan fingerprint density at radius 3 is 2.84 bits per heavy atom. The van der Waals surface area contributed by atoms with E-state index in [1.807, 2.05) is 12.1 Å². The Kier molecular flexibility index (Phi) is 3.27. The minimum atomic E-state index is 0.278. The van der Waals surface area contributed by atoms with Crippen molar-refractivity contribution in [1.82, 2.24) is 4.98 Å². The molecule has 2 aliphatic rings. The van der Waals surface area contributed by atoms with Gasteiger partial charge in [0.2, 0.25) is 6.79 Å². The van der Waals surface area contributed by atoms with Gasteiger partial charge in [-0.3, -0.25) is 0 Å². The molecule has 0 bridgehead atoms. The molecule has 1 atom stereocenters. The Morgan fingerprint density at radius 2 is 1.96 bits per heavy atom. The lowest BCUT2D eigenvalue weighted by Crippen LogP contribution is -2.46.